The van der Waals surface area contributed by atoms with Crippen LogP contribution in [0.5, 0.6) is 0 Å². The molecular weight excluding hydrogens is 591 g/mol. The number of aliphatic hydroxyl groups is 1. The van der Waals surface area contributed by atoms with E-state index in [1.54, 1.807) is 33.6 Å². The molecule has 1 fully saturated rings. The van der Waals surface area contributed by atoms with Crippen molar-refractivity contribution in [3.63, 3.8) is 0 Å². The van der Waals surface area contributed by atoms with Crippen LogP contribution < -0.4 is 0 Å². The summed E-state index contributed by atoms with van der Waals surface area (Å²) in [5.74, 6) is 1.02. The third-order valence-corrected chi connectivity index (χ3v) is 9.36. The van der Waals surface area contributed by atoms with Gasteiger partial charge in [-0.05, 0) is 33.1 Å². The molecule has 2 atom stereocenters. The quantitative estimate of drug-likeness (QED) is 0.139. The molecule has 0 spiro atoms. The molecular formula is C26H47NO7S2Y. The van der Waals surface area contributed by atoms with Gasteiger partial charge in [0.1, 0.15) is 11.6 Å². The summed E-state index contributed by atoms with van der Waals surface area (Å²) in [6, 6.07) is -0.227. The first-order valence-electron chi connectivity index (χ1n) is 13.1. The van der Waals surface area contributed by atoms with Crippen molar-refractivity contribution in [3.8, 4) is 0 Å². The van der Waals surface area contributed by atoms with Gasteiger partial charge in [-0.1, -0.05) is 34.9 Å². The third kappa shape index (κ3) is 17.7. The maximum atomic E-state index is 12.5. The summed E-state index contributed by atoms with van der Waals surface area (Å²) >= 11 is 0. The average Bonchev–Trinajstić information content (AvgIpc) is 3.27. The molecule has 1 aliphatic rings. The number of amides is 1. The predicted molar refractivity (Wildman–Crippen MR) is 146 cm³/mol. The number of methoxy groups -OCH3 is 1. The monoisotopic (exact) mass is 638 g/mol. The van der Waals surface area contributed by atoms with Crippen LogP contribution in [0.3, 0.4) is 0 Å². The van der Waals surface area contributed by atoms with Gasteiger partial charge >= 0.3 is 0 Å². The van der Waals surface area contributed by atoms with Crippen LogP contribution in [0.2, 0.25) is 0 Å². The number of likely N-dealkylation sites (tertiary alicyclic amines) is 1. The summed E-state index contributed by atoms with van der Waals surface area (Å²) in [6.07, 6.45) is 5.30. The van der Waals surface area contributed by atoms with Gasteiger partial charge in [0, 0.05) is 95.6 Å². The molecule has 0 aromatic heterocycles. The standard InChI is InChI=1S/C26H47NO7S2.Y/c1-5-6-12-33-14-15-34-13-11-22(29)8-7-16-35-36-26(2,3)18-23(30)9-10-25(31)27-19-24(32-4)17-21(27)20-28;/h21,24,28H,5-20H2,1-4H3;/t21-,24+;/m0./s1. The van der Waals surface area contributed by atoms with Crippen molar-refractivity contribution in [2.75, 3.05) is 52.4 Å². The first-order chi connectivity index (χ1) is 17.2. The van der Waals surface area contributed by atoms with E-state index in [2.05, 4.69) is 6.92 Å². The van der Waals surface area contributed by atoms with E-state index in [1.807, 2.05) is 13.8 Å². The summed E-state index contributed by atoms with van der Waals surface area (Å²) in [4.78, 5) is 38.7. The van der Waals surface area contributed by atoms with Crippen molar-refractivity contribution < 1.29 is 66.4 Å². The zero-order valence-electron chi connectivity index (χ0n) is 23.2. The SMILES string of the molecule is CCCCOCCOCCC(=O)CCCSSC(C)(C)CC(=O)CCC(=O)N1C[C@H](OC)C[C@H]1CO.[Y]. The van der Waals surface area contributed by atoms with E-state index < -0.39 is 0 Å². The number of ketones is 2. The van der Waals surface area contributed by atoms with E-state index in [4.69, 9.17) is 14.2 Å². The van der Waals surface area contributed by atoms with Crippen LogP contribution in [-0.4, -0.2) is 96.8 Å². The van der Waals surface area contributed by atoms with Gasteiger partial charge in [0.2, 0.25) is 5.91 Å². The Hall–Kier alpha value is 0.454. The van der Waals surface area contributed by atoms with Crippen LogP contribution in [0.15, 0.2) is 0 Å². The molecule has 1 saturated heterocycles. The van der Waals surface area contributed by atoms with E-state index in [9.17, 15) is 19.5 Å². The first-order valence-corrected chi connectivity index (χ1v) is 15.5. The summed E-state index contributed by atoms with van der Waals surface area (Å²) < 4.78 is 15.9. The summed E-state index contributed by atoms with van der Waals surface area (Å²) in [6.45, 7) is 8.88. The Kier molecular flexibility index (Phi) is 22.5. The molecule has 0 saturated carbocycles. The van der Waals surface area contributed by atoms with Crippen LogP contribution in [0.1, 0.15) is 78.6 Å². The summed E-state index contributed by atoms with van der Waals surface area (Å²) in [5.41, 5.74) is 0. The number of unbranched alkanes of at least 4 members (excludes halogenated alkanes) is 1. The van der Waals surface area contributed by atoms with E-state index in [0.717, 1.165) is 31.6 Å². The minimum Gasteiger partial charge on any atom is -0.394 e. The molecule has 1 radical (unpaired) electrons. The molecule has 8 nitrogen and oxygen atoms in total. The molecule has 11 heteroatoms. The second-order valence-corrected chi connectivity index (χ2v) is 12.9. The zero-order chi connectivity index (χ0) is 26.8. The van der Waals surface area contributed by atoms with Crippen LogP contribution in [-0.2, 0) is 61.3 Å². The van der Waals surface area contributed by atoms with Crippen molar-refractivity contribution in [2.45, 2.75) is 95.5 Å². The van der Waals surface area contributed by atoms with E-state index in [0.29, 0.717) is 52.0 Å². The molecule has 1 N–H and O–H groups in total. The summed E-state index contributed by atoms with van der Waals surface area (Å²) in [5, 5.41) is 9.52. The van der Waals surface area contributed by atoms with Crippen molar-refractivity contribution >= 4 is 39.1 Å². The predicted octanol–water partition coefficient (Wildman–Crippen LogP) is 4.06. The number of hydrogen-bond donors (Lipinski definition) is 1. The van der Waals surface area contributed by atoms with Gasteiger partial charge in [-0.25, -0.2) is 0 Å². The molecule has 0 unspecified atom stereocenters. The fourth-order valence-electron chi connectivity index (χ4n) is 3.91. The number of nitrogens with zero attached hydrogens (tertiary/aromatic N) is 1. The fraction of sp³-hybridized carbons (Fsp3) is 0.885. The van der Waals surface area contributed by atoms with E-state index in [-0.39, 0.29) is 86.5 Å². The van der Waals surface area contributed by atoms with Crippen molar-refractivity contribution in [3.05, 3.63) is 0 Å². The Balaban J connectivity index is 0.0000130. The number of hydrogen-bond acceptors (Lipinski definition) is 9. The van der Waals surface area contributed by atoms with Gasteiger partial charge in [-0.3, -0.25) is 14.4 Å². The smallest absolute Gasteiger partial charge is 0.223 e. The minimum absolute atomic E-state index is 0. The number of rotatable bonds is 22. The molecule has 0 bridgehead atoms. The maximum Gasteiger partial charge on any atom is 0.223 e. The largest absolute Gasteiger partial charge is 0.394 e. The second-order valence-electron chi connectivity index (χ2n) is 9.83. The first kappa shape index (κ1) is 37.5. The van der Waals surface area contributed by atoms with Gasteiger partial charge in [0.05, 0.1) is 38.6 Å². The third-order valence-electron chi connectivity index (χ3n) is 5.99. The Morgan fingerprint density at radius 2 is 1.68 bits per heavy atom. The van der Waals surface area contributed by atoms with Gasteiger partial charge < -0.3 is 24.2 Å². The topological polar surface area (TPSA) is 102 Å². The molecule has 1 rings (SSSR count). The Labute approximate surface area is 256 Å². The Bertz CT molecular complexity index is 654. The minimum atomic E-state index is -0.246. The van der Waals surface area contributed by atoms with E-state index >= 15 is 0 Å². The van der Waals surface area contributed by atoms with Crippen molar-refractivity contribution in [1.29, 1.82) is 0 Å². The van der Waals surface area contributed by atoms with Gasteiger partial charge in [0.25, 0.3) is 0 Å². The van der Waals surface area contributed by atoms with Gasteiger partial charge in [-0.15, -0.1) is 0 Å². The number of carbonyl (C=O) groups is 3. The van der Waals surface area contributed by atoms with Gasteiger partial charge in [-0.2, -0.15) is 0 Å². The molecule has 1 aliphatic heterocycles. The molecule has 1 heterocycles. The summed E-state index contributed by atoms with van der Waals surface area (Å²) in [7, 11) is 4.95. The molecule has 0 aliphatic carbocycles. The number of aliphatic hydroxyl groups excluding tert-OH is 1. The normalized spacial score (nSPS) is 17.6. The molecule has 213 valence electrons. The average molecular weight is 639 g/mol. The Morgan fingerprint density at radius 1 is 0.973 bits per heavy atom. The molecule has 0 aromatic rings. The van der Waals surface area contributed by atoms with Crippen molar-refractivity contribution in [1.82, 2.24) is 4.90 Å². The van der Waals surface area contributed by atoms with Crippen LogP contribution in [0, 0.1) is 0 Å². The van der Waals surface area contributed by atoms with Crippen LogP contribution in [0.25, 0.3) is 0 Å². The van der Waals surface area contributed by atoms with Crippen LogP contribution >= 0.6 is 21.6 Å². The zero-order valence-corrected chi connectivity index (χ0v) is 27.7. The number of carbonyl (C=O) groups excluding carboxylic acids is 3. The van der Waals surface area contributed by atoms with E-state index in [1.165, 1.54) is 0 Å². The van der Waals surface area contributed by atoms with Crippen molar-refractivity contribution in [2.24, 2.45) is 0 Å². The molecule has 37 heavy (non-hydrogen) atoms. The van der Waals surface area contributed by atoms with Crippen LogP contribution in [0.4, 0.5) is 0 Å². The number of ether oxygens (including phenoxy) is 3. The number of Topliss-reactive ketones (excluding diaryl/α,β-unsaturated/α-hetero) is 2. The molecule has 0 aromatic carbocycles. The molecule has 1 amide bonds. The second kappa shape index (κ2) is 22.2. The maximum absolute atomic E-state index is 12.5. The Morgan fingerprint density at radius 3 is 2.32 bits per heavy atom. The fourth-order valence-corrected chi connectivity index (χ4v) is 6.54. The van der Waals surface area contributed by atoms with Gasteiger partial charge in [0.15, 0.2) is 0 Å².